The summed E-state index contributed by atoms with van der Waals surface area (Å²) in [7, 11) is 0. The van der Waals surface area contributed by atoms with Crippen molar-refractivity contribution >= 4 is 40.7 Å². The van der Waals surface area contributed by atoms with E-state index in [4.69, 9.17) is 23.2 Å². The fourth-order valence-electron chi connectivity index (χ4n) is 1.93. The summed E-state index contributed by atoms with van der Waals surface area (Å²) in [5.74, 6) is -0.696. The number of hydrogen-bond acceptors (Lipinski definition) is 3. The molecule has 1 unspecified atom stereocenters. The Bertz CT molecular complexity index is 745. The molecule has 0 saturated carbocycles. The molecule has 1 atom stereocenters. The molecular formula is C17H17Cl2N3O2. The maximum absolute atomic E-state index is 12.3. The molecule has 0 spiro atoms. The van der Waals surface area contributed by atoms with Crippen LogP contribution in [0.4, 0.5) is 5.69 Å². The molecule has 1 aromatic heterocycles. The quantitative estimate of drug-likeness (QED) is 0.834. The number of carbonyl (C=O) groups is 2. The average molecular weight is 366 g/mol. The Labute approximate surface area is 150 Å². The van der Waals surface area contributed by atoms with Crippen LogP contribution < -0.4 is 10.6 Å². The van der Waals surface area contributed by atoms with Crippen LogP contribution in [0.15, 0.2) is 36.5 Å². The Morgan fingerprint density at radius 3 is 2.42 bits per heavy atom. The second-order valence-electron chi connectivity index (χ2n) is 5.32. The maximum Gasteiger partial charge on any atom is 0.274 e. The summed E-state index contributed by atoms with van der Waals surface area (Å²) in [6.45, 7) is 3.89. The van der Waals surface area contributed by atoms with E-state index in [1.807, 2.05) is 13.8 Å². The second-order valence-corrected chi connectivity index (χ2v) is 6.20. The Kier molecular flexibility index (Phi) is 6.17. The second kappa shape index (κ2) is 8.13. The van der Waals surface area contributed by atoms with E-state index >= 15 is 0 Å². The zero-order chi connectivity index (χ0) is 17.7. The number of nitrogens with zero attached hydrogens (tertiary/aromatic N) is 1. The molecule has 0 bridgehead atoms. The van der Waals surface area contributed by atoms with Crippen LogP contribution in [0, 0.1) is 0 Å². The number of amides is 2. The lowest BCUT2D eigenvalue weighted by molar-refractivity contribution is 0.0939. The van der Waals surface area contributed by atoms with E-state index in [0.717, 1.165) is 6.42 Å². The molecule has 0 saturated heterocycles. The van der Waals surface area contributed by atoms with Gasteiger partial charge in [0.05, 0.1) is 0 Å². The molecule has 2 rings (SSSR count). The summed E-state index contributed by atoms with van der Waals surface area (Å²) >= 11 is 11.8. The standard InChI is InChI=1S/C17H17Cl2N3O2/c1-3-10(2)21-16(23)11-4-5-20-15(6-11)17(24)22-14-8-12(18)7-13(19)9-14/h4-10H,3H2,1-2H3,(H,21,23)(H,22,24). The topological polar surface area (TPSA) is 71.1 Å². The number of aromatic nitrogens is 1. The van der Waals surface area contributed by atoms with Crippen molar-refractivity contribution in [3.05, 3.63) is 57.8 Å². The number of halogens is 2. The normalized spacial score (nSPS) is 11.7. The Morgan fingerprint density at radius 2 is 1.79 bits per heavy atom. The van der Waals surface area contributed by atoms with Gasteiger partial charge in [-0.25, -0.2) is 0 Å². The van der Waals surface area contributed by atoms with Crippen LogP contribution in [-0.4, -0.2) is 22.8 Å². The van der Waals surface area contributed by atoms with Crippen molar-refractivity contribution in [3.63, 3.8) is 0 Å². The molecule has 2 N–H and O–H groups in total. The van der Waals surface area contributed by atoms with E-state index in [1.54, 1.807) is 24.3 Å². The summed E-state index contributed by atoms with van der Waals surface area (Å²) in [5, 5.41) is 6.32. The molecule has 126 valence electrons. The first-order valence-corrected chi connectivity index (χ1v) is 8.19. The molecular weight excluding hydrogens is 349 g/mol. The van der Waals surface area contributed by atoms with Crippen molar-refractivity contribution in [2.24, 2.45) is 0 Å². The highest BCUT2D eigenvalue weighted by Crippen LogP contribution is 2.22. The third kappa shape index (κ3) is 4.94. The van der Waals surface area contributed by atoms with E-state index in [9.17, 15) is 9.59 Å². The molecule has 2 aromatic rings. The Morgan fingerprint density at radius 1 is 1.12 bits per heavy atom. The highest BCUT2D eigenvalue weighted by atomic mass is 35.5. The van der Waals surface area contributed by atoms with Crippen molar-refractivity contribution in [1.82, 2.24) is 10.3 Å². The SMILES string of the molecule is CCC(C)NC(=O)c1ccnc(C(=O)Nc2cc(Cl)cc(Cl)c2)c1. The fraction of sp³-hybridized carbons (Fsp3) is 0.235. The minimum atomic E-state index is -0.452. The van der Waals surface area contributed by atoms with E-state index in [2.05, 4.69) is 15.6 Å². The number of rotatable bonds is 5. The number of benzene rings is 1. The van der Waals surface area contributed by atoms with Gasteiger partial charge in [0, 0.05) is 33.5 Å². The predicted octanol–water partition coefficient (Wildman–Crippen LogP) is 4.17. The summed E-state index contributed by atoms with van der Waals surface area (Å²) in [6.07, 6.45) is 2.24. The molecule has 1 heterocycles. The van der Waals surface area contributed by atoms with E-state index in [-0.39, 0.29) is 17.6 Å². The molecule has 7 heteroatoms. The van der Waals surface area contributed by atoms with Crippen LogP contribution in [0.2, 0.25) is 10.0 Å². The van der Waals surface area contributed by atoms with Crippen LogP contribution in [-0.2, 0) is 0 Å². The highest BCUT2D eigenvalue weighted by Gasteiger charge is 2.13. The largest absolute Gasteiger partial charge is 0.350 e. The molecule has 0 aliphatic carbocycles. The number of nitrogens with one attached hydrogen (secondary N) is 2. The van der Waals surface area contributed by atoms with Crippen LogP contribution in [0.5, 0.6) is 0 Å². The molecule has 0 radical (unpaired) electrons. The Balaban J connectivity index is 2.15. The van der Waals surface area contributed by atoms with Gasteiger partial charge in [0.25, 0.3) is 11.8 Å². The molecule has 0 aliphatic rings. The first-order valence-electron chi connectivity index (χ1n) is 7.43. The van der Waals surface area contributed by atoms with Gasteiger partial charge in [-0.3, -0.25) is 14.6 Å². The zero-order valence-electron chi connectivity index (χ0n) is 13.3. The number of carbonyl (C=O) groups excluding carboxylic acids is 2. The van der Waals surface area contributed by atoms with Gasteiger partial charge in [0.2, 0.25) is 0 Å². The molecule has 0 aliphatic heterocycles. The van der Waals surface area contributed by atoms with Gasteiger partial charge in [0.1, 0.15) is 5.69 Å². The van der Waals surface area contributed by atoms with Crippen molar-refractivity contribution < 1.29 is 9.59 Å². The monoisotopic (exact) mass is 365 g/mol. The van der Waals surface area contributed by atoms with Crippen LogP contribution >= 0.6 is 23.2 Å². The lowest BCUT2D eigenvalue weighted by Gasteiger charge is -2.12. The maximum atomic E-state index is 12.3. The van der Waals surface area contributed by atoms with Crippen LogP contribution in [0.25, 0.3) is 0 Å². The molecule has 5 nitrogen and oxygen atoms in total. The summed E-state index contributed by atoms with van der Waals surface area (Å²) in [5.41, 5.74) is 0.955. The van der Waals surface area contributed by atoms with Crippen molar-refractivity contribution in [3.8, 4) is 0 Å². The third-order valence-corrected chi connectivity index (χ3v) is 3.80. The molecule has 24 heavy (non-hydrogen) atoms. The van der Waals surface area contributed by atoms with Crippen LogP contribution in [0.1, 0.15) is 41.1 Å². The van der Waals surface area contributed by atoms with Gasteiger partial charge in [-0.05, 0) is 43.7 Å². The van der Waals surface area contributed by atoms with Crippen molar-refractivity contribution in [2.45, 2.75) is 26.3 Å². The lowest BCUT2D eigenvalue weighted by Crippen LogP contribution is -2.32. The third-order valence-electron chi connectivity index (χ3n) is 3.37. The van der Waals surface area contributed by atoms with Crippen molar-refractivity contribution in [2.75, 3.05) is 5.32 Å². The molecule has 2 amide bonds. The minimum Gasteiger partial charge on any atom is -0.350 e. The summed E-state index contributed by atoms with van der Waals surface area (Å²) < 4.78 is 0. The number of hydrogen-bond donors (Lipinski definition) is 2. The fourth-order valence-corrected chi connectivity index (χ4v) is 2.45. The van der Waals surface area contributed by atoms with Gasteiger partial charge >= 0.3 is 0 Å². The average Bonchev–Trinajstić information content (AvgIpc) is 2.53. The van der Waals surface area contributed by atoms with Gasteiger partial charge in [-0.2, -0.15) is 0 Å². The van der Waals surface area contributed by atoms with Crippen molar-refractivity contribution in [1.29, 1.82) is 0 Å². The predicted molar refractivity (Wildman–Crippen MR) is 95.9 cm³/mol. The van der Waals surface area contributed by atoms with Gasteiger partial charge in [-0.15, -0.1) is 0 Å². The number of anilines is 1. The smallest absolute Gasteiger partial charge is 0.274 e. The highest BCUT2D eigenvalue weighted by molar-refractivity contribution is 6.35. The van der Waals surface area contributed by atoms with Gasteiger partial charge in [-0.1, -0.05) is 30.1 Å². The van der Waals surface area contributed by atoms with E-state index in [1.165, 1.54) is 12.3 Å². The Hall–Kier alpha value is -2.11. The first-order chi connectivity index (χ1) is 11.4. The zero-order valence-corrected chi connectivity index (χ0v) is 14.8. The van der Waals surface area contributed by atoms with Gasteiger partial charge in [0.15, 0.2) is 0 Å². The lowest BCUT2D eigenvalue weighted by atomic mass is 10.2. The van der Waals surface area contributed by atoms with E-state index in [0.29, 0.717) is 21.3 Å². The minimum absolute atomic E-state index is 0.0524. The summed E-state index contributed by atoms with van der Waals surface area (Å²) in [4.78, 5) is 28.4. The summed E-state index contributed by atoms with van der Waals surface area (Å²) in [6, 6.07) is 7.77. The van der Waals surface area contributed by atoms with Gasteiger partial charge < -0.3 is 10.6 Å². The molecule has 0 fully saturated rings. The molecule has 1 aromatic carbocycles. The first kappa shape index (κ1) is 18.2. The van der Waals surface area contributed by atoms with E-state index < -0.39 is 5.91 Å². The van der Waals surface area contributed by atoms with Crippen LogP contribution in [0.3, 0.4) is 0 Å². The number of pyridine rings is 1.